The summed E-state index contributed by atoms with van der Waals surface area (Å²) in [6.07, 6.45) is -10.7. The van der Waals surface area contributed by atoms with Gasteiger partial charge in [-0.3, -0.25) is 0 Å². The molecule has 0 aromatic carbocycles. The van der Waals surface area contributed by atoms with Crippen molar-refractivity contribution in [3.05, 3.63) is 21.4 Å². The highest BCUT2D eigenvalue weighted by Crippen LogP contribution is 2.44. The van der Waals surface area contributed by atoms with E-state index in [9.17, 15) is 35.1 Å². The van der Waals surface area contributed by atoms with Crippen LogP contribution in [0.15, 0.2) is 0 Å². The van der Waals surface area contributed by atoms with Crippen LogP contribution in [0.25, 0.3) is 0 Å². The van der Waals surface area contributed by atoms with E-state index in [1.807, 2.05) is 0 Å². The van der Waals surface area contributed by atoms with Gasteiger partial charge in [0.15, 0.2) is 11.6 Å². The van der Waals surface area contributed by atoms with Crippen LogP contribution in [0.2, 0.25) is 0 Å². The first-order valence-corrected chi connectivity index (χ1v) is 3.99. The summed E-state index contributed by atoms with van der Waals surface area (Å²) in [6.45, 7) is 0. The highest BCUT2D eigenvalue weighted by molar-refractivity contribution is 7.12. The SMILES string of the molecule is Fc1c(C(F)(F)F)sc(C(F)(F)F)c1F. The van der Waals surface area contributed by atoms with E-state index in [1.165, 1.54) is 0 Å². The van der Waals surface area contributed by atoms with Gasteiger partial charge in [0.25, 0.3) is 0 Å². The fraction of sp³-hybridized carbons (Fsp3) is 0.333. The fourth-order valence-corrected chi connectivity index (χ4v) is 1.55. The van der Waals surface area contributed by atoms with Crippen LogP contribution in [-0.2, 0) is 12.4 Å². The van der Waals surface area contributed by atoms with Crippen LogP contribution in [-0.4, -0.2) is 0 Å². The van der Waals surface area contributed by atoms with Crippen molar-refractivity contribution >= 4 is 11.3 Å². The van der Waals surface area contributed by atoms with Crippen molar-refractivity contribution < 1.29 is 35.1 Å². The molecule has 1 aromatic rings. The van der Waals surface area contributed by atoms with Gasteiger partial charge in [-0.25, -0.2) is 8.78 Å². The van der Waals surface area contributed by atoms with E-state index in [-0.39, 0.29) is 0 Å². The maximum absolute atomic E-state index is 12.5. The van der Waals surface area contributed by atoms with E-state index in [0.29, 0.717) is 0 Å². The Balaban J connectivity index is 3.38. The molecular weight excluding hydrogens is 256 g/mol. The zero-order valence-corrected chi connectivity index (χ0v) is 7.25. The molecule has 86 valence electrons. The van der Waals surface area contributed by atoms with Crippen molar-refractivity contribution in [2.75, 3.05) is 0 Å². The average Bonchev–Trinajstić information content (AvgIpc) is 2.26. The van der Waals surface area contributed by atoms with Crippen LogP contribution >= 0.6 is 11.3 Å². The lowest BCUT2D eigenvalue weighted by Gasteiger charge is -2.02. The van der Waals surface area contributed by atoms with Crippen LogP contribution in [0.1, 0.15) is 9.75 Å². The summed E-state index contributed by atoms with van der Waals surface area (Å²) >= 11 is -1.00. The quantitative estimate of drug-likeness (QED) is 0.614. The van der Waals surface area contributed by atoms with Gasteiger partial charge in [-0.1, -0.05) is 0 Å². The molecule has 0 fully saturated rings. The molecule has 0 radical (unpaired) electrons. The third-order valence-electron chi connectivity index (χ3n) is 1.31. The van der Waals surface area contributed by atoms with Gasteiger partial charge in [0.2, 0.25) is 0 Å². The van der Waals surface area contributed by atoms with Gasteiger partial charge in [0.1, 0.15) is 9.75 Å². The highest BCUT2D eigenvalue weighted by atomic mass is 32.1. The van der Waals surface area contributed by atoms with Gasteiger partial charge in [-0.05, 0) is 0 Å². The molecular formula is C6F8S. The van der Waals surface area contributed by atoms with E-state index in [4.69, 9.17) is 0 Å². The van der Waals surface area contributed by atoms with Crippen molar-refractivity contribution in [3.8, 4) is 0 Å². The second-order valence-electron chi connectivity index (χ2n) is 2.38. The number of thiophene rings is 1. The van der Waals surface area contributed by atoms with Crippen molar-refractivity contribution in [1.29, 1.82) is 0 Å². The molecule has 0 amide bonds. The second-order valence-corrected chi connectivity index (χ2v) is 3.40. The maximum Gasteiger partial charge on any atom is 0.428 e. The Morgan fingerprint density at radius 3 is 1.07 bits per heavy atom. The molecule has 0 saturated carbocycles. The van der Waals surface area contributed by atoms with Crippen LogP contribution in [0.3, 0.4) is 0 Å². The topological polar surface area (TPSA) is 0 Å². The Bertz CT molecular complexity index is 335. The number of alkyl halides is 6. The standard InChI is InChI=1S/C6F8S/c7-1-2(8)4(6(12,13)14)15-3(1)5(9,10)11. The van der Waals surface area contributed by atoms with Gasteiger partial charge in [-0.15, -0.1) is 11.3 Å². The first-order valence-electron chi connectivity index (χ1n) is 3.17. The number of hydrogen-bond donors (Lipinski definition) is 0. The average molecular weight is 256 g/mol. The van der Waals surface area contributed by atoms with Gasteiger partial charge >= 0.3 is 12.4 Å². The minimum Gasteiger partial charge on any atom is -0.202 e. The van der Waals surface area contributed by atoms with Crippen molar-refractivity contribution in [3.63, 3.8) is 0 Å². The lowest BCUT2D eigenvalue weighted by Crippen LogP contribution is -2.04. The van der Waals surface area contributed by atoms with Crippen LogP contribution in [0, 0.1) is 11.6 Å². The monoisotopic (exact) mass is 256 g/mol. The highest BCUT2D eigenvalue weighted by Gasteiger charge is 2.45. The maximum atomic E-state index is 12.5. The largest absolute Gasteiger partial charge is 0.428 e. The van der Waals surface area contributed by atoms with E-state index < -0.39 is 45.1 Å². The summed E-state index contributed by atoms with van der Waals surface area (Å²) in [6, 6.07) is 0. The summed E-state index contributed by atoms with van der Waals surface area (Å²) in [5.41, 5.74) is 0. The molecule has 0 aliphatic rings. The molecule has 15 heavy (non-hydrogen) atoms. The summed E-state index contributed by atoms with van der Waals surface area (Å²) in [7, 11) is 0. The Morgan fingerprint density at radius 2 is 0.933 bits per heavy atom. The van der Waals surface area contributed by atoms with Gasteiger partial charge in [-0.2, -0.15) is 26.3 Å². The molecule has 1 rings (SSSR count). The molecule has 0 spiro atoms. The number of rotatable bonds is 0. The molecule has 0 atom stereocenters. The number of halogens is 8. The molecule has 0 bridgehead atoms. The molecule has 0 aliphatic heterocycles. The van der Waals surface area contributed by atoms with E-state index in [1.54, 1.807) is 0 Å². The van der Waals surface area contributed by atoms with E-state index >= 15 is 0 Å². The normalized spacial score (nSPS) is 13.3. The van der Waals surface area contributed by atoms with Crippen molar-refractivity contribution in [2.24, 2.45) is 0 Å². The van der Waals surface area contributed by atoms with Gasteiger partial charge < -0.3 is 0 Å². The number of hydrogen-bond acceptors (Lipinski definition) is 1. The van der Waals surface area contributed by atoms with Crippen LogP contribution in [0.5, 0.6) is 0 Å². The lowest BCUT2D eigenvalue weighted by atomic mass is 10.3. The first kappa shape index (κ1) is 12.2. The van der Waals surface area contributed by atoms with Crippen LogP contribution < -0.4 is 0 Å². The Morgan fingerprint density at radius 1 is 0.667 bits per heavy atom. The summed E-state index contributed by atoms with van der Waals surface area (Å²) < 4.78 is 96.1. The lowest BCUT2D eigenvalue weighted by molar-refractivity contribution is -0.137. The second kappa shape index (κ2) is 3.32. The zero-order valence-electron chi connectivity index (χ0n) is 6.43. The van der Waals surface area contributed by atoms with E-state index in [0.717, 1.165) is 0 Å². The summed E-state index contributed by atoms with van der Waals surface area (Å²) in [5.74, 6) is -5.03. The smallest absolute Gasteiger partial charge is 0.202 e. The Kier molecular flexibility index (Phi) is 2.71. The van der Waals surface area contributed by atoms with Crippen LogP contribution in [0.4, 0.5) is 35.1 Å². The predicted molar refractivity (Wildman–Crippen MR) is 34.2 cm³/mol. The Labute approximate surface area is 81.1 Å². The third kappa shape index (κ3) is 2.21. The molecule has 1 heterocycles. The van der Waals surface area contributed by atoms with Gasteiger partial charge in [0, 0.05) is 0 Å². The van der Waals surface area contributed by atoms with Gasteiger partial charge in [0.05, 0.1) is 0 Å². The molecule has 9 heteroatoms. The van der Waals surface area contributed by atoms with Crippen molar-refractivity contribution in [1.82, 2.24) is 0 Å². The molecule has 0 unspecified atom stereocenters. The molecule has 0 N–H and O–H groups in total. The van der Waals surface area contributed by atoms with Crippen molar-refractivity contribution in [2.45, 2.75) is 12.4 Å². The predicted octanol–water partition coefficient (Wildman–Crippen LogP) is 4.06. The molecule has 0 nitrogen and oxygen atoms in total. The summed E-state index contributed by atoms with van der Waals surface area (Å²) in [4.78, 5) is -4.43. The minimum absolute atomic E-state index is 1.00. The third-order valence-corrected chi connectivity index (χ3v) is 2.54. The minimum atomic E-state index is -5.33. The Hall–Kier alpha value is -0.860. The summed E-state index contributed by atoms with van der Waals surface area (Å²) in [5, 5.41) is 0. The molecule has 0 saturated heterocycles. The molecule has 0 aliphatic carbocycles. The fourth-order valence-electron chi connectivity index (χ4n) is 0.756. The first-order chi connectivity index (χ1) is 6.55. The zero-order chi connectivity index (χ0) is 12.0. The molecule has 1 aromatic heterocycles. The van der Waals surface area contributed by atoms with E-state index in [2.05, 4.69) is 0 Å².